The summed E-state index contributed by atoms with van der Waals surface area (Å²) < 4.78 is 35.4. The predicted octanol–water partition coefficient (Wildman–Crippen LogP) is 2.77. The summed E-state index contributed by atoms with van der Waals surface area (Å²) >= 11 is 0. The number of benzene rings is 2. The molecule has 0 fully saturated rings. The summed E-state index contributed by atoms with van der Waals surface area (Å²) in [5.41, 5.74) is 2.03. The zero-order valence-corrected chi connectivity index (χ0v) is 15.5. The van der Waals surface area contributed by atoms with E-state index in [9.17, 15) is 13.2 Å². The number of aromatic nitrogens is 2. The van der Waals surface area contributed by atoms with Gasteiger partial charge >= 0.3 is 5.97 Å². The van der Waals surface area contributed by atoms with Crippen molar-refractivity contribution < 1.29 is 22.5 Å². The number of carbonyl (C=O) groups excluding carboxylic acids is 1. The lowest BCUT2D eigenvalue weighted by molar-refractivity contribution is 0.0431. The molecule has 1 N–H and O–H groups in total. The number of aryl methyl sites for hydroxylation is 1. The van der Waals surface area contributed by atoms with E-state index < -0.39 is 16.0 Å². The van der Waals surface area contributed by atoms with Crippen LogP contribution in [-0.2, 0) is 21.4 Å². The van der Waals surface area contributed by atoms with Gasteiger partial charge in [-0.1, -0.05) is 41.6 Å². The monoisotopic (exact) mass is 387 g/mol. The van der Waals surface area contributed by atoms with Crippen molar-refractivity contribution in [1.82, 2.24) is 10.1 Å². The van der Waals surface area contributed by atoms with Crippen molar-refractivity contribution in [2.75, 3.05) is 11.0 Å². The van der Waals surface area contributed by atoms with Crippen LogP contribution in [0.5, 0.6) is 0 Å². The number of para-hydroxylation sites is 1. The average molecular weight is 387 g/mol. The Labute approximate surface area is 156 Å². The van der Waals surface area contributed by atoms with Gasteiger partial charge in [0.15, 0.2) is 6.61 Å². The van der Waals surface area contributed by atoms with Crippen LogP contribution in [0.1, 0.15) is 21.8 Å². The van der Waals surface area contributed by atoms with Crippen LogP contribution in [0.4, 0.5) is 5.69 Å². The number of nitrogens with one attached hydrogen (secondary N) is 1. The number of carbonyl (C=O) groups is 1. The highest BCUT2D eigenvalue weighted by atomic mass is 32.2. The third kappa shape index (κ3) is 4.70. The van der Waals surface area contributed by atoms with Crippen LogP contribution in [0.3, 0.4) is 0 Å². The van der Waals surface area contributed by atoms with Crippen molar-refractivity contribution in [3.63, 3.8) is 0 Å². The minimum absolute atomic E-state index is 0.0848. The summed E-state index contributed by atoms with van der Waals surface area (Å²) in [6, 6.07) is 13.7. The van der Waals surface area contributed by atoms with E-state index in [1.165, 1.54) is 12.1 Å². The molecule has 2 aromatic carbocycles. The molecule has 9 heteroatoms. The Morgan fingerprint density at radius 1 is 1.15 bits per heavy atom. The maximum atomic E-state index is 12.3. The van der Waals surface area contributed by atoms with E-state index in [1.54, 1.807) is 12.1 Å². The topological polar surface area (TPSA) is 111 Å². The molecule has 0 bridgehead atoms. The minimum Gasteiger partial charge on any atom is -0.452 e. The van der Waals surface area contributed by atoms with Gasteiger partial charge in [0.25, 0.3) is 5.89 Å². The van der Waals surface area contributed by atoms with Crippen molar-refractivity contribution in [1.29, 1.82) is 0 Å². The molecular formula is C18H17N3O5S. The quantitative estimate of drug-likeness (QED) is 0.647. The molecule has 0 atom stereocenters. The van der Waals surface area contributed by atoms with Crippen LogP contribution in [-0.4, -0.2) is 30.8 Å². The molecule has 140 valence electrons. The Hall–Kier alpha value is -3.20. The smallest absolute Gasteiger partial charge is 0.340 e. The Morgan fingerprint density at radius 2 is 1.85 bits per heavy atom. The standard InChI is InChI=1S/C18H17N3O5S/c1-12-7-3-4-8-13(12)17-19-16(26-20-17)11-25-18(22)14-9-5-6-10-15(14)21-27(2,23)24/h3-10,21H,11H2,1-2H3. The minimum atomic E-state index is -3.53. The van der Waals surface area contributed by atoms with Gasteiger partial charge < -0.3 is 9.26 Å². The molecule has 1 aromatic heterocycles. The lowest BCUT2D eigenvalue weighted by Crippen LogP contribution is -2.14. The van der Waals surface area contributed by atoms with Crippen molar-refractivity contribution >= 4 is 21.7 Å². The lowest BCUT2D eigenvalue weighted by atomic mass is 10.1. The zero-order chi connectivity index (χ0) is 19.4. The molecule has 0 saturated heterocycles. The van der Waals surface area contributed by atoms with Gasteiger partial charge in [-0.3, -0.25) is 4.72 Å². The molecule has 8 nitrogen and oxygen atoms in total. The maximum absolute atomic E-state index is 12.3. The van der Waals surface area contributed by atoms with Crippen LogP contribution in [0.15, 0.2) is 53.1 Å². The van der Waals surface area contributed by atoms with Crippen LogP contribution in [0.25, 0.3) is 11.4 Å². The molecule has 0 unspecified atom stereocenters. The third-order valence-electron chi connectivity index (χ3n) is 3.62. The maximum Gasteiger partial charge on any atom is 0.340 e. The molecule has 0 saturated carbocycles. The van der Waals surface area contributed by atoms with E-state index >= 15 is 0 Å². The molecular weight excluding hydrogens is 370 g/mol. The van der Waals surface area contributed by atoms with Gasteiger partial charge in [0.1, 0.15) is 0 Å². The fraction of sp³-hybridized carbons (Fsp3) is 0.167. The fourth-order valence-electron chi connectivity index (χ4n) is 2.40. The molecule has 1 heterocycles. The highest BCUT2D eigenvalue weighted by Gasteiger charge is 2.17. The van der Waals surface area contributed by atoms with Gasteiger partial charge in [0.05, 0.1) is 17.5 Å². The number of sulfonamides is 1. The van der Waals surface area contributed by atoms with Crippen molar-refractivity contribution in [3.8, 4) is 11.4 Å². The summed E-state index contributed by atoms with van der Waals surface area (Å²) in [5, 5.41) is 3.89. The van der Waals surface area contributed by atoms with Crippen molar-refractivity contribution in [2.24, 2.45) is 0 Å². The van der Waals surface area contributed by atoms with Gasteiger partial charge in [-0.25, -0.2) is 13.2 Å². The summed E-state index contributed by atoms with van der Waals surface area (Å²) in [4.78, 5) is 16.5. The van der Waals surface area contributed by atoms with Crippen LogP contribution < -0.4 is 4.72 Å². The third-order valence-corrected chi connectivity index (χ3v) is 4.21. The number of hydrogen-bond donors (Lipinski definition) is 1. The normalized spacial score (nSPS) is 11.2. The van der Waals surface area contributed by atoms with Crippen molar-refractivity contribution in [3.05, 3.63) is 65.5 Å². The first-order chi connectivity index (χ1) is 12.8. The summed E-state index contributed by atoms with van der Waals surface area (Å²) in [7, 11) is -3.53. The van der Waals surface area contributed by atoms with Gasteiger partial charge in [-0.15, -0.1) is 0 Å². The number of rotatable bonds is 6. The molecule has 0 aliphatic rings. The molecule has 0 amide bonds. The first kappa shape index (κ1) is 18.6. The molecule has 27 heavy (non-hydrogen) atoms. The number of nitrogens with zero attached hydrogens (tertiary/aromatic N) is 2. The number of anilines is 1. The zero-order valence-electron chi connectivity index (χ0n) is 14.7. The molecule has 0 aliphatic carbocycles. The summed E-state index contributed by atoms with van der Waals surface area (Å²) in [6.45, 7) is 1.70. The predicted molar refractivity (Wildman–Crippen MR) is 98.5 cm³/mol. The van der Waals surface area contributed by atoms with E-state index in [2.05, 4.69) is 14.9 Å². The molecule has 3 aromatic rings. The first-order valence-electron chi connectivity index (χ1n) is 7.96. The highest BCUT2D eigenvalue weighted by molar-refractivity contribution is 7.92. The largest absolute Gasteiger partial charge is 0.452 e. The van der Waals surface area contributed by atoms with Gasteiger partial charge in [0.2, 0.25) is 15.8 Å². The SMILES string of the molecule is Cc1ccccc1-c1noc(COC(=O)c2ccccc2NS(C)(=O)=O)n1. The van der Waals surface area contributed by atoms with Crippen molar-refractivity contribution in [2.45, 2.75) is 13.5 Å². The highest BCUT2D eigenvalue weighted by Crippen LogP contribution is 2.21. The molecule has 0 aliphatic heterocycles. The second-order valence-corrected chi connectivity index (χ2v) is 7.57. The van der Waals surface area contributed by atoms with E-state index in [0.29, 0.717) is 5.82 Å². The Kier molecular flexibility index (Phi) is 5.22. The Bertz CT molecular complexity index is 1080. The number of hydrogen-bond acceptors (Lipinski definition) is 7. The van der Waals surface area contributed by atoms with Crippen LogP contribution in [0, 0.1) is 6.92 Å². The van der Waals surface area contributed by atoms with E-state index in [0.717, 1.165) is 17.4 Å². The lowest BCUT2D eigenvalue weighted by Gasteiger charge is -2.09. The number of esters is 1. The summed E-state index contributed by atoms with van der Waals surface area (Å²) in [6.07, 6.45) is 1.00. The van der Waals surface area contributed by atoms with E-state index in [4.69, 9.17) is 9.26 Å². The van der Waals surface area contributed by atoms with Crippen LogP contribution in [0.2, 0.25) is 0 Å². The van der Waals surface area contributed by atoms with E-state index in [1.807, 2.05) is 31.2 Å². The van der Waals surface area contributed by atoms with Crippen LogP contribution >= 0.6 is 0 Å². The second-order valence-electron chi connectivity index (χ2n) is 5.82. The van der Waals surface area contributed by atoms with Gasteiger partial charge in [-0.05, 0) is 24.6 Å². The first-order valence-corrected chi connectivity index (χ1v) is 9.85. The molecule has 3 rings (SSSR count). The Morgan fingerprint density at radius 3 is 2.59 bits per heavy atom. The average Bonchev–Trinajstić information content (AvgIpc) is 3.08. The summed E-state index contributed by atoms with van der Waals surface area (Å²) in [5.74, 6) is -0.175. The molecule has 0 radical (unpaired) electrons. The Balaban J connectivity index is 1.71. The number of ether oxygens (including phenoxy) is 1. The fourth-order valence-corrected chi connectivity index (χ4v) is 2.98. The van der Waals surface area contributed by atoms with Gasteiger partial charge in [-0.2, -0.15) is 4.98 Å². The van der Waals surface area contributed by atoms with Gasteiger partial charge in [0, 0.05) is 5.56 Å². The second kappa shape index (κ2) is 7.58. The molecule has 0 spiro atoms. The van der Waals surface area contributed by atoms with E-state index in [-0.39, 0.29) is 23.7 Å².